The highest BCUT2D eigenvalue weighted by Gasteiger charge is 2.42. The first-order chi connectivity index (χ1) is 7.11. The third-order valence-electron chi connectivity index (χ3n) is 3.66. The molecule has 1 heteroatoms. The SMILES string of the molecule is CC(C)(C)S(C)(c1ccccc1)C(C)(C)C. The Morgan fingerprint density at radius 3 is 1.44 bits per heavy atom. The zero-order chi connectivity index (χ0) is 12.6. The molecule has 1 aromatic rings. The van der Waals surface area contributed by atoms with E-state index in [1.807, 2.05) is 0 Å². The highest BCUT2D eigenvalue weighted by molar-refractivity contribution is 8.35. The summed E-state index contributed by atoms with van der Waals surface area (Å²) in [7, 11) is -0.850. The van der Waals surface area contributed by atoms with Gasteiger partial charge in [-0.05, 0) is 20.6 Å². The van der Waals surface area contributed by atoms with Crippen molar-refractivity contribution in [2.45, 2.75) is 55.9 Å². The molecule has 0 aliphatic carbocycles. The Morgan fingerprint density at radius 2 is 1.12 bits per heavy atom. The second-order valence-electron chi connectivity index (χ2n) is 6.46. The van der Waals surface area contributed by atoms with Crippen molar-refractivity contribution in [3.8, 4) is 0 Å². The van der Waals surface area contributed by atoms with Gasteiger partial charge in [0, 0.05) is 0 Å². The number of hydrogen-bond acceptors (Lipinski definition) is 0. The smallest absolute Gasteiger partial charge is 0.00419 e. The fourth-order valence-corrected chi connectivity index (χ4v) is 6.27. The molecule has 0 radical (unpaired) electrons. The normalized spacial score (nSPS) is 14.9. The minimum absolute atomic E-state index is 0.326. The predicted octanol–water partition coefficient (Wildman–Crippen LogP) is 5.08. The van der Waals surface area contributed by atoms with Gasteiger partial charge in [-0.15, -0.1) is 0 Å². The zero-order valence-electron chi connectivity index (χ0n) is 11.8. The van der Waals surface area contributed by atoms with Gasteiger partial charge < -0.3 is 0 Å². The van der Waals surface area contributed by atoms with Gasteiger partial charge in [-0.3, -0.25) is 0 Å². The highest BCUT2D eigenvalue weighted by atomic mass is 32.3. The molecule has 0 atom stereocenters. The molecule has 0 unspecified atom stereocenters. The van der Waals surface area contributed by atoms with Gasteiger partial charge in [-0.2, -0.15) is 0 Å². The van der Waals surface area contributed by atoms with Crippen LogP contribution >= 0.6 is 10.0 Å². The maximum absolute atomic E-state index is 2.47. The van der Waals surface area contributed by atoms with Crippen LogP contribution in [0.1, 0.15) is 41.5 Å². The Hall–Kier alpha value is -0.430. The van der Waals surface area contributed by atoms with Gasteiger partial charge in [0.15, 0.2) is 0 Å². The summed E-state index contributed by atoms with van der Waals surface area (Å²) in [6, 6.07) is 11.0. The van der Waals surface area contributed by atoms with Crippen LogP contribution in [-0.4, -0.2) is 15.7 Å². The monoisotopic (exact) mass is 238 g/mol. The largest absolute Gasteiger partial charge is 0.208 e. The third-order valence-corrected chi connectivity index (χ3v) is 9.78. The lowest BCUT2D eigenvalue weighted by atomic mass is 10.2. The van der Waals surface area contributed by atoms with Gasteiger partial charge in [0.1, 0.15) is 0 Å². The van der Waals surface area contributed by atoms with E-state index >= 15 is 0 Å². The molecule has 0 fully saturated rings. The van der Waals surface area contributed by atoms with Crippen molar-refractivity contribution >= 4 is 10.0 Å². The Bertz CT molecular complexity index is 324. The summed E-state index contributed by atoms with van der Waals surface area (Å²) in [6.45, 7) is 14.3. The van der Waals surface area contributed by atoms with Gasteiger partial charge >= 0.3 is 0 Å². The number of benzene rings is 1. The van der Waals surface area contributed by atoms with Crippen molar-refractivity contribution in [2.24, 2.45) is 0 Å². The van der Waals surface area contributed by atoms with Gasteiger partial charge in [-0.25, -0.2) is 10.0 Å². The van der Waals surface area contributed by atoms with Crippen LogP contribution in [0.5, 0.6) is 0 Å². The minimum atomic E-state index is -0.850. The Morgan fingerprint density at radius 1 is 0.750 bits per heavy atom. The van der Waals surface area contributed by atoms with Crippen molar-refractivity contribution in [1.29, 1.82) is 0 Å². The summed E-state index contributed by atoms with van der Waals surface area (Å²) in [5.74, 6) is 0. The van der Waals surface area contributed by atoms with Crippen LogP contribution in [-0.2, 0) is 0 Å². The molecule has 0 saturated heterocycles. The first-order valence-corrected chi connectivity index (χ1v) is 7.97. The van der Waals surface area contributed by atoms with E-state index in [1.54, 1.807) is 0 Å². The summed E-state index contributed by atoms with van der Waals surface area (Å²) in [5.41, 5.74) is 0. The van der Waals surface area contributed by atoms with E-state index < -0.39 is 10.0 Å². The molecule has 1 rings (SSSR count). The van der Waals surface area contributed by atoms with E-state index in [9.17, 15) is 0 Å². The molecule has 0 N–H and O–H groups in total. The van der Waals surface area contributed by atoms with E-state index in [0.717, 1.165) is 0 Å². The van der Waals surface area contributed by atoms with Crippen molar-refractivity contribution in [3.63, 3.8) is 0 Å². The Kier molecular flexibility index (Phi) is 3.50. The highest BCUT2D eigenvalue weighted by Crippen LogP contribution is 2.70. The van der Waals surface area contributed by atoms with Crippen LogP contribution < -0.4 is 0 Å². The fourth-order valence-electron chi connectivity index (χ4n) is 2.32. The van der Waals surface area contributed by atoms with Gasteiger partial charge in [0.2, 0.25) is 0 Å². The van der Waals surface area contributed by atoms with E-state index in [4.69, 9.17) is 0 Å². The standard InChI is InChI=1S/C15H26S/c1-14(2,3)16(7,15(4,5)6)13-11-9-8-10-12-13/h8-12H,1-7H3. The van der Waals surface area contributed by atoms with E-state index in [2.05, 4.69) is 78.1 Å². The molecular weight excluding hydrogens is 212 g/mol. The van der Waals surface area contributed by atoms with Crippen LogP contribution in [0.2, 0.25) is 0 Å². The summed E-state index contributed by atoms with van der Waals surface area (Å²) in [4.78, 5) is 1.52. The van der Waals surface area contributed by atoms with Crippen molar-refractivity contribution in [3.05, 3.63) is 30.3 Å². The fraction of sp³-hybridized carbons (Fsp3) is 0.600. The predicted molar refractivity (Wildman–Crippen MR) is 77.7 cm³/mol. The van der Waals surface area contributed by atoms with E-state index in [-0.39, 0.29) is 0 Å². The first-order valence-electron chi connectivity index (χ1n) is 5.93. The molecular formula is C15H26S. The van der Waals surface area contributed by atoms with Crippen LogP contribution in [0.15, 0.2) is 35.2 Å². The summed E-state index contributed by atoms with van der Waals surface area (Å²) >= 11 is 0. The number of rotatable bonds is 1. The van der Waals surface area contributed by atoms with E-state index in [1.165, 1.54) is 4.90 Å². The molecule has 0 bridgehead atoms. The first kappa shape index (κ1) is 13.6. The maximum atomic E-state index is 2.47. The van der Waals surface area contributed by atoms with Gasteiger partial charge in [0.05, 0.1) is 0 Å². The molecule has 0 amide bonds. The topological polar surface area (TPSA) is 0 Å². The summed E-state index contributed by atoms with van der Waals surface area (Å²) in [6.07, 6.45) is 2.47. The van der Waals surface area contributed by atoms with Crippen LogP contribution in [0.25, 0.3) is 0 Å². The molecule has 0 aromatic heterocycles. The minimum Gasteiger partial charge on any atom is -0.208 e. The quantitative estimate of drug-likeness (QED) is 0.640. The van der Waals surface area contributed by atoms with Crippen LogP contribution in [0.4, 0.5) is 0 Å². The molecule has 92 valence electrons. The zero-order valence-corrected chi connectivity index (χ0v) is 12.6. The lowest BCUT2D eigenvalue weighted by molar-refractivity contribution is 0.709. The second-order valence-corrected chi connectivity index (χ2v) is 11.2. The number of hydrogen-bond donors (Lipinski definition) is 0. The van der Waals surface area contributed by atoms with Gasteiger partial charge in [0.25, 0.3) is 0 Å². The van der Waals surface area contributed by atoms with Crippen molar-refractivity contribution < 1.29 is 0 Å². The molecule has 0 heterocycles. The maximum Gasteiger partial charge on any atom is -0.00419 e. The van der Waals surface area contributed by atoms with Crippen LogP contribution in [0, 0.1) is 0 Å². The molecule has 16 heavy (non-hydrogen) atoms. The third kappa shape index (κ3) is 2.15. The average Bonchev–Trinajstić information content (AvgIpc) is 2.14. The lowest BCUT2D eigenvalue weighted by Crippen LogP contribution is -2.37. The van der Waals surface area contributed by atoms with Crippen molar-refractivity contribution in [1.82, 2.24) is 0 Å². The molecule has 1 aromatic carbocycles. The molecule has 0 aliphatic heterocycles. The molecule has 0 aliphatic rings. The van der Waals surface area contributed by atoms with Gasteiger partial charge in [-0.1, -0.05) is 71.9 Å². The van der Waals surface area contributed by atoms with E-state index in [0.29, 0.717) is 9.49 Å². The molecule has 0 nitrogen and oxygen atoms in total. The second kappa shape index (κ2) is 4.10. The molecule has 0 spiro atoms. The average molecular weight is 238 g/mol. The van der Waals surface area contributed by atoms with Crippen LogP contribution in [0.3, 0.4) is 0 Å². The lowest BCUT2D eigenvalue weighted by Gasteiger charge is -2.57. The summed E-state index contributed by atoms with van der Waals surface area (Å²) < 4.78 is 0.652. The Labute approximate surface area is 103 Å². The Balaban J connectivity index is 3.39. The van der Waals surface area contributed by atoms with Crippen molar-refractivity contribution in [2.75, 3.05) is 6.26 Å². The summed E-state index contributed by atoms with van der Waals surface area (Å²) in [5, 5.41) is 0. The molecule has 0 saturated carbocycles.